The van der Waals surface area contributed by atoms with Crippen LogP contribution in [0.3, 0.4) is 0 Å². The number of rotatable bonds is 6. The van der Waals surface area contributed by atoms with E-state index >= 15 is 0 Å². The van der Waals surface area contributed by atoms with E-state index in [4.69, 9.17) is 0 Å². The standard InChI is InChI=1S/C16H21NO3/c1-16(15(19)20,13-6-4-3-5-7-13)10-14(18)17(2)11-12-8-9-12/h3-7,12H,8-11H2,1-2H3,(H,19,20). The third-order valence-corrected chi connectivity index (χ3v) is 4.04. The highest BCUT2D eigenvalue weighted by Gasteiger charge is 2.38. The summed E-state index contributed by atoms with van der Waals surface area (Å²) in [6.07, 6.45) is 2.34. The van der Waals surface area contributed by atoms with E-state index in [0.29, 0.717) is 11.5 Å². The third kappa shape index (κ3) is 3.18. The summed E-state index contributed by atoms with van der Waals surface area (Å²) < 4.78 is 0. The van der Waals surface area contributed by atoms with Crippen molar-refractivity contribution in [1.82, 2.24) is 4.90 Å². The monoisotopic (exact) mass is 275 g/mol. The van der Waals surface area contributed by atoms with Gasteiger partial charge in [0.2, 0.25) is 5.91 Å². The maximum Gasteiger partial charge on any atom is 0.314 e. The number of amides is 1. The smallest absolute Gasteiger partial charge is 0.314 e. The van der Waals surface area contributed by atoms with Crippen LogP contribution in [0.1, 0.15) is 31.7 Å². The van der Waals surface area contributed by atoms with Gasteiger partial charge in [-0.05, 0) is 31.2 Å². The molecule has 2 rings (SSSR count). The molecule has 1 unspecified atom stereocenters. The molecule has 1 atom stereocenters. The summed E-state index contributed by atoms with van der Waals surface area (Å²) in [5, 5.41) is 9.54. The molecule has 0 aliphatic heterocycles. The number of benzene rings is 1. The second-order valence-corrected chi connectivity index (χ2v) is 5.90. The summed E-state index contributed by atoms with van der Waals surface area (Å²) in [5.41, 5.74) is -0.503. The van der Waals surface area contributed by atoms with Crippen LogP contribution >= 0.6 is 0 Å². The molecule has 0 heterocycles. The van der Waals surface area contributed by atoms with Crippen molar-refractivity contribution < 1.29 is 14.7 Å². The molecule has 1 aromatic carbocycles. The topological polar surface area (TPSA) is 57.6 Å². The minimum Gasteiger partial charge on any atom is -0.481 e. The van der Waals surface area contributed by atoms with Gasteiger partial charge in [0, 0.05) is 20.0 Å². The van der Waals surface area contributed by atoms with Crippen molar-refractivity contribution in [3.05, 3.63) is 35.9 Å². The normalized spacial score (nSPS) is 17.3. The fraction of sp³-hybridized carbons (Fsp3) is 0.500. The maximum absolute atomic E-state index is 12.3. The Kier molecular flexibility index (Phi) is 4.12. The molecule has 0 aromatic heterocycles. The SMILES string of the molecule is CN(CC1CC1)C(=O)CC(C)(C(=O)O)c1ccccc1. The zero-order valence-corrected chi connectivity index (χ0v) is 12.0. The van der Waals surface area contributed by atoms with E-state index in [9.17, 15) is 14.7 Å². The first kappa shape index (κ1) is 14.6. The van der Waals surface area contributed by atoms with E-state index in [1.165, 1.54) is 12.8 Å². The predicted molar refractivity (Wildman–Crippen MR) is 76.4 cm³/mol. The van der Waals surface area contributed by atoms with Crippen molar-refractivity contribution in [2.75, 3.05) is 13.6 Å². The van der Waals surface area contributed by atoms with E-state index in [1.54, 1.807) is 43.1 Å². The van der Waals surface area contributed by atoms with Gasteiger partial charge in [-0.3, -0.25) is 9.59 Å². The maximum atomic E-state index is 12.3. The Morgan fingerprint density at radius 2 is 1.90 bits per heavy atom. The van der Waals surface area contributed by atoms with Crippen LogP contribution in [-0.2, 0) is 15.0 Å². The number of carbonyl (C=O) groups excluding carboxylic acids is 1. The van der Waals surface area contributed by atoms with Crippen LogP contribution in [0.2, 0.25) is 0 Å². The molecule has 20 heavy (non-hydrogen) atoms. The summed E-state index contributed by atoms with van der Waals surface area (Å²) in [7, 11) is 1.76. The second-order valence-electron chi connectivity index (χ2n) is 5.90. The van der Waals surface area contributed by atoms with Gasteiger partial charge in [-0.1, -0.05) is 30.3 Å². The van der Waals surface area contributed by atoms with Gasteiger partial charge in [-0.15, -0.1) is 0 Å². The van der Waals surface area contributed by atoms with E-state index in [-0.39, 0.29) is 12.3 Å². The van der Waals surface area contributed by atoms with Gasteiger partial charge in [0.1, 0.15) is 0 Å². The van der Waals surface area contributed by atoms with Gasteiger partial charge in [-0.2, -0.15) is 0 Å². The van der Waals surface area contributed by atoms with Crippen LogP contribution in [0.25, 0.3) is 0 Å². The highest BCUT2D eigenvalue weighted by Crippen LogP contribution is 2.31. The van der Waals surface area contributed by atoms with Crippen LogP contribution in [0, 0.1) is 5.92 Å². The molecular weight excluding hydrogens is 254 g/mol. The molecular formula is C16H21NO3. The van der Waals surface area contributed by atoms with E-state index < -0.39 is 11.4 Å². The van der Waals surface area contributed by atoms with E-state index in [1.807, 2.05) is 6.07 Å². The highest BCUT2D eigenvalue weighted by atomic mass is 16.4. The molecule has 4 nitrogen and oxygen atoms in total. The van der Waals surface area contributed by atoms with Gasteiger partial charge >= 0.3 is 5.97 Å². The molecule has 1 N–H and O–H groups in total. The number of nitrogens with zero attached hydrogens (tertiary/aromatic N) is 1. The average Bonchev–Trinajstić information content (AvgIpc) is 3.23. The molecule has 0 radical (unpaired) electrons. The molecule has 1 aliphatic rings. The Morgan fingerprint density at radius 3 is 2.40 bits per heavy atom. The van der Waals surface area contributed by atoms with Crippen molar-refractivity contribution >= 4 is 11.9 Å². The molecule has 108 valence electrons. The summed E-state index contributed by atoms with van der Waals surface area (Å²) in [4.78, 5) is 25.6. The molecule has 4 heteroatoms. The number of carboxylic acid groups (broad SMARTS) is 1. The highest BCUT2D eigenvalue weighted by molar-refractivity contribution is 5.89. The Morgan fingerprint density at radius 1 is 1.30 bits per heavy atom. The zero-order valence-electron chi connectivity index (χ0n) is 12.0. The fourth-order valence-electron chi connectivity index (χ4n) is 2.33. The largest absolute Gasteiger partial charge is 0.481 e. The lowest BCUT2D eigenvalue weighted by atomic mass is 9.79. The molecule has 1 aromatic rings. The first-order valence-corrected chi connectivity index (χ1v) is 6.96. The van der Waals surface area contributed by atoms with E-state index in [2.05, 4.69) is 0 Å². The number of carboxylic acids is 1. The first-order chi connectivity index (χ1) is 9.43. The van der Waals surface area contributed by atoms with Crippen molar-refractivity contribution in [2.45, 2.75) is 31.6 Å². The summed E-state index contributed by atoms with van der Waals surface area (Å²) in [6, 6.07) is 8.97. The van der Waals surface area contributed by atoms with Crippen molar-refractivity contribution in [3.8, 4) is 0 Å². The minimum atomic E-state index is -1.17. The van der Waals surface area contributed by atoms with Crippen LogP contribution in [0.5, 0.6) is 0 Å². The van der Waals surface area contributed by atoms with Gasteiger partial charge in [-0.25, -0.2) is 0 Å². The molecule has 1 amide bonds. The predicted octanol–water partition coefficient (Wildman–Crippen LogP) is 2.29. The lowest BCUT2D eigenvalue weighted by Gasteiger charge is -2.27. The lowest BCUT2D eigenvalue weighted by molar-refractivity contribution is -0.147. The molecule has 0 bridgehead atoms. The molecule has 0 spiro atoms. The third-order valence-electron chi connectivity index (χ3n) is 4.04. The zero-order chi connectivity index (χ0) is 14.8. The summed E-state index contributed by atoms with van der Waals surface area (Å²) in [6.45, 7) is 2.36. The van der Waals surface area contributed by atoms with Crippen LogP contribution in [-0.4, -0.2) is 35.5 Å². The Labute approximate surface area is 119 Å². The van der Waals surface area contributed by atoms with Crippen LogP contribution in [0.4, 0.5) is 0 Å². The summed E-state index contributed by atoms with van der Waals surface area (Å²) >= 11 is 0. The summed E-state index contributed by atoms with van der Waals surface area (Å²) in [5.74, 6) is -0.459. The van der Waals surface area contributed by atoms with Gasteiger partial charge in [0.05, 0.1) is 5.41 Å². The van der Waals surface area contributed by atoms with Crippen molar-refractivity contribution in [3.63, 3.8) is 0 Å². The van der Waals surface area contributed by atoms with Gasteiger partial charge in [0.25, 0.3) is 0 Å². The average molecular weight is 275 g/mol. The molecule has 0 saturated heterocycles. The Hall–Kier alpha value is -1.84. The Balaban J connectivity index is 2.12. The first-order valence-electron chi connectivity index (χ1n) is 6.96. The number of hydrogen-bond acceptors (Lipinski definition) is 2. The fourth-order valence-corrected chi connectivity index (χ4v) is 2.33. The van der Waals surface area contributed by atoms with Gasteiger partial charge < -0.3 is 10.0 Å². The van der Waals surface area contributed by atoms with E-state index in [0.717, 1.165) is 6.54 Å². The molecule has 1 aliphatic carbocycles. The second kappa shape index (κ2) is 5.65. The lowest BCUT2D eigenvalue weighted by Crippen LogP contribution is -2.40. The quantitative estimate of drug-likeness (QED) is 0.866. The van der Waals surface area contributed by atoms with Crippen molar-refractivity contribution in [2.24, 2.45) is 5.92 Å². The van der Waals surface area contributed by atoms with Crippen LogP contribution < -0.4 is 0 Å². The Bertz CT molecular complexity index is 496. The number of hydrogen-bond donors (Lipinski definition) is 1. The molecule has 1 fully saturated rings. The number of carbonyl (C=O) groups is 2. The molecule has 1 saturated carbocycles. The number of aliphatic carboxylic acids is 1. The van der Waals surface area contributed by atoms with Gasteiger partial charge in [0.15, 0.2) is 0 Å². The minimum absolute atomic E-state index is 0.00440. The van der Waals surface area contributed by atoms with Crippen molar-refractivity contribution in [1.29, 1.82) is 0 Å². The van der Waals surface area contributed by atoms with Crippen LogP contribution in [0.15, 0.2) is 30.3 Å².